The first kappa shape index (κ1) is 28.1. The second-order valence-electron chi connectivity index (χ2n) is 11.0. The molecule has 7 nitrogen and oxygen atoms in total. The van der Waals surface area contributed by atoms with Gasteiger partial charge in [0, 0.05) is 81.1 Å². The Kier molecular flexibility index (Phi) is 8.06. The van der Waals surface area contributed by atoms with E-state index in [1.807, 2.05) is 42.7 Å². The lowest BCUT2D eigenvalue weighted by Gasteiger charge is -2.33. The molecule has 10 heteroatoms. The smallest absolute Gasteiger partial charge is 0.416 e. The Morgan fingerprint density at radius 3 is 2.33 bits per heavy atom. The largest absolute Gasteiger partial charge is 0.490 e. The Hall–Kier alpha value is -4.05. The third-order valence-electron chi connectivity index (χ3n) is 8.10. The highest BCUT2D eigenvalue weighted by atomic mass is 19.4. The molecule has 0 radical (unpaired) electrons. The number of carbonyl (C=O) groups is 1. The first-order valence-corrected chi connectivity index (χ1v) is 14.3. The number of nitrogens with zero attached hydrogens (tertiary/aromatic N) is 3. The molecular weight excluding hydrogens is 545 g/mol. The van der Waals surface area contributed by atoms with Gasteiger partial charge in [-0.2, -0.15) is 13.2 Å². The van der Waals surface area contributed by atoms with Gasteiger partial charge in [-0.25, -0.2) is 0 Å². The van der Waals surface area contributed by atoms with Crippen molar-refractivity contribution in [3.63, 3.8) is 0 Å². The van der Waals surface area contributed by atoms with Crippen LogP contribution in [-0.4, -0.2) is 54.1 Å². The Balaban J connectivity index is 0.989. The van der Waals surface area contributed by atoms with Crippen molar-refractivity contribution >= 4 is 22.6 Å². The van der Waals surface area contributed by atoms with Crippen LogP contribution in [0.15, 0.2) is 77.5 Å². The molecule has 2 aromatic heterocycles. The second-order valence-corrected chi connectivity index (χ2v) is 11.0. The Bertz CT molecular complexity index is 1490. The number of likely N-dealkylation sites (tertiary alicyclic amines) is 1. The number of rotatable bonds is 7. The van der Waals surface area contributed by atoms with Crippen molar-refractivity contribution in [1.82, 2.24) is 15.2 Å². The minimum atomic E-state index is -4.34. The summed E-state index contributed by atoms with van der Waals surface area (Å²) in [4.78, 5) is 21.5. The molecule has 0 unspecified atom stereocenters. The standard InChI is InChI=1S/C32H33F3N4O3/c33-32(34,35)24-2-4-26(5-3-24)39-17-11-27(12-18-39)41-28-6-1-23-19-30(42-29(23)20-28)31(40)37-25-9-15-38(16-10-25)21-22-7-13-36-14-8-22/h1-8,13-14,19-20,25,27H,9-12,15-18,21H2,(H,37,40). The van der Waals surface area contributed by atoms with Crippen LogP contribution in [-0.2, 0) is 12.7 Å². The molecule has 2 aromatic carbocycles. The summed E-state index contributed by atoms with van der Waals surface area (Å²) in [6, 6.07) is 16.8. The molecule has 0 bridgehead atoms. The number of hydrogen-bond donors (Lipinski definition) is 1. The van der Waals surface area contributed by atoms with Crippen LogP contribution >= 0.6 is 0 Å². The summed E-state index contributed by atoms with van der Waals surface area (Å²) < 4.78 is 50.7. The average molecular weight is 579 g/mol. The molecule has 0 saturated carbocycles. The first-order chi connectivity index (χ1) is 20.3. The molecule has 0 aliphatic carbocycles. The third-order valence-corrected chi connectivity index (χ3v) is 8.10. The summed E-state index contributed by atoms with van der Waals surface area (Å²) in [5.74, 6) is 0.737. The van der Waals surface area contributed by atoms with E-state index < -0.39 is 11.7 Å². The quantitative estimate of drug-likeness (QED) is 0.278. The highest BCUT2D eigenvalue weighted by molar-refractivity contribution is 5.96. The van der Waals surface area contributed by atoms with Gasteiger partial charge in [-0.1, -0.05) is 0 Å². The summed E-state index contributed by atoms with van der Waals surface area (Å²) in [5, 5.41) is 3.96. The van der Waals surface area contributed by atoms with E-state index in [1.54, 1.807) is 6.07 Å². The van der Waals surface area contributed by atoms with Crippen LogP contribution in [0.4, 0.5) is 18.9 Å². The molecule has 1 amide bonds. The molecule has 4 aromatic rings. The Morgan fingerprint density at radius 2 is 1.64 bits per heavy atom. The Labute approximate surface area is 242 Å². The second kappa shape index (κ2) is 12.1. The molecule has 0 atom stereocenters. The van der Waals surface area contributed by atoms with Crippen molar-refractivity contribution in [2.24, 2.45) is 0 Å². The number of hydrogen-bond acceptors (Lipinski definition) is 6. The maximum absolute atomic E-state index is 13.0. The topological polar surface area (TPSA) is 70.8 Å². The maximum atomic E-state index is 13.0. The Morgan fingerprint density at radius 1 is 0.929 bits per heavy atom. The van der Waals surface area contributed by atoms with E-state index in [9.17, 15) is 18.0 Å². The van der Waals surface area contributed by atoms with Crippen molar-refractivity contribution in [1.29, 1.82) is 0 Å². The molecule has 0 spiro atoms. The monoisotopic (exact) mass is 578 g/mol. The summed E-state index contributed by atoms with van der Waals surface area (Å²) in [6.07, 6.45) is 2.51. The van der Waals surface area contributed by atoms with Gasteiger partial charge in [-0.3, -0.25) is 14.7 Å². The van der Waals surface area contributed by atoms with Crippen molar-refractivity contribution in [3.8, 4) is 5.75 Å². The van der Waals surface area contributed by atoms with Crippen LogP contribution in [0.25, 0.3) is 11.0 Å². The zero-order valence-corrected chi connectivity index (χ0v) is 23.1. The fourth-order valence-electron chi connectivity index (χ4n) is 5.72. The average Bonchev–Trinajstić information content (AvgIpc) is 3.43. The number of carbonyl (C=O) groups excluding carboxylic acids is 1. The van der Waals surface area contributed by atoms with Crippen LogP contribution in [0.2, 0.25) is 0 Å². The molecule has 2 saturated heterocycles. The maximum Gasteiger partial charge on any atom is 0.416 e. The van der Waals surface area contributed by atoms with Gasteiger partial charge in [-0.05, 0) is 73.0 Å². The van der Waals surface area contributed by atoms with Crippen LogP contribution in [0.5, 0.6) is 5.75 Å². The van der Waals surface area contributed by atoms with Gasteiger partial charge < -0.3 is 19.4 Å². The number of anilines is 1. The van der Waals surface area contributed by atoms with Crippen LogP contribution in [0.3, 0.4) is 0 Å². The van der Waals surface area contributed by atoms with Crippen molar-refractivity contribution in [3.05, 3.63) is 89.9 Å². The third kappa shape index (κ3) is 6.70. The fourth-order valence-corrected chi connectivity index (χ4v) is 5.72. The van der Waals surface area contributed by atoms with Gasteiger partial charge in [0.15, 0.2) is 5.76 Å². The molecule has 2 fully saturated rings. The molecular formula is C32H33F3N4O3. The zero-order chi connectivity index (χ0) is 29.1. The predicted octanol–water partition coefficient (Wildman–Crippen LogP) is 6.29. The van der Waals surface area contributed by atoms with Gasteiger partial charge in [0.25, 0.3) is 5.91 Å². The summed E-state index contributed by atoms with van der Waals surface area (Å²) in [6.45, 7) is 4.09. The zero-order valence-electron chi connectivity index (χ0n) is 23.1. The fraction of sp³-hybridized carbons (Fsp3) is 0.375. The van der Waals surface area contributed by atoms with E-state index in [2.05, 4.69) is 20.1 Å². The number of ether oxygens (including phenoxy) is 1. The van der Waals surface area contributed by atoms with Gasteiger partial charge in [0.1, 0.15) is 17.4 Å². The number of piperidine rings is 2. The van der Waals surface area contributed by atoms with Gasteiger partial charge in [0.05, 0.1) is 5.56 Å². The molecule has 6 rings (SSSR count). The lowest BCUT2D eigenvalue weighted by molar-refractivity contribution is -0.137. The number of pyridine rings is 1. The van der Waals surface area contributed by atoms with Gasteiger partial charge in [-0.15, -0.1) is 0 Å². The van der Waals surface area contributed by atoms with E-state index >= 15 is 0 Å². The number of furan rings is 1. The normalized spacial score (nSPS) is 17.5. The molecule has 2 aliphatic rings. The van der Waals surface area contributed by atoms with Gasteiger partial charge in [0.2, 0.25) is 0 Å². The van der Waals surface area contributed by atoms with Gasteiger partial charge >= 0.3 is 6.18 Å². The predicted molar refractivity (Wildman–Crippen MR) is 154 cm³/mol. The number of aromatic nitrogens is 1. The van der Waals surface area contributed by atoms with E-state index in [1.165, 1.54) is 17.7 Å². The minimum Gasteiger partial charge on any atom is -0.490 e. The van der Waals surface area contributed by atoms with E-state index in [-0.39, 0.29) is 23.8 Å². The number of amides is 1. The first-order valence-electron chi connectivity index (χ1n) is 14.3. The molecule has 220 valence electrons. The summed E-state index contributed by atoms with van der Waals surface area (Å²) in [7, 11) is 0. The van der Waals surface area contributed by atoms with Crippen LogP contribution in [0.1, 0.15) is 47.4 Å². The molecule has 4 heterocycles. The van der Waals surface area contributed by atoms with Crippen LogP contribution < -0.4 is 15.0 Å². The van der Waals surface area contributed by atoms with Crippen molar-refractivity contribution in [2.75, 3.05) is 31.1 Å². The minimum absolute atomic E-state index is 0.0182. The van der Waals surface area contributed by atoms with Crippen LogP contribution in [0, 0.1) is 0 Å². The number of nitrogens with one attached hydrogen (secondary N) is 1. The van der Waals surface area contributed by atoms with E-state index in [0.717, 1.165) is 68.5 Å². The van der Waals surface area contributed by atoms with Crippen molar-refractivity contribution in [2.45, 2.75) is 50.6 Å². The summed E-state index contributed by atoms with van der Waals surface area (Å²) in [5.41, 5.74) is 1.96. The number of fused-ring (bicyclic) bond motifs is 1. The van der Waals surface area contributed by atoms with Crippen molar-refractivity contribution < 1.29 is 27.1 Å². The summed E-state index contributed by atoms with van der Waals surface area (Å²) >= 11 is 0. The van der Waals surface area contributed by atoms with E-state index in [4.69, 9.17) is 9.15 Å². The highest BCUT2D eigenvalue weighted by Crippen LogP contribution is 2.32. The number of halogens is 3. The lowest BCUT2D eigenvalue weighted by Crippen LogP contribution is -2.44. The van der Waals surface area contributed by atoms with E-state index in [0.29, 0.717) is 24.4 Å². The SMILES string of the molecule is O=C(NC1CCN(Cc2ccncc2)CC1)c1cc2ccc(OC3CCN(c4ccc(C(F)(F)F)cc4)CC3)cc2o1. The molecule has 42 heavy (non-hydrogen) atoms. The number of benzene rings is 2. The molecule has 2 aliphatic heterocycles. The number of alkyl halides is 3. The molecule has 1 N–H and O–H groups in total. The highest BCUT2D eigenvalue weighted by Gasteiger charge is 2.30. The lowest BCUT2D eigenvalue weighted by atomic mass is 10.0.